The van der Waals surface area contributed by atoms with Crippen molar-refractivity contribution in [3.8, 4) is 5.75 Å². The standard InChI is InChI=1S/C30H39N9O10/c1-19(2)26(37-25(40)13-16-47-17-15-34-38-32)28(42)36-24(4-3-14-33-29(31)43)27(41)35-21-7-5-20(6-8-21)18-48-30(44)49-23-11-9-22(10-12-23)39(45)46/h5-12,19,24,26H,3-4,13-18H2,1-2H3,(H,35,41)(H,36,42)(H,37,40)(H3,31,33,43)/t24-,26?/m0/s1. The summed E-state index contributed by atoms with van der Waals surface area (Å²) in [7, 11) is 0. The molecule has 6 N–H and O–H groups in total. The Hall–Kier alpha value is -5.94. The maximum Gasteiger partial charge on any atom is 0.514 e. The molecule has 19 nitrogen and oxygen atoms in total. The van der Waals surface area contributed by atoms with Gasteiger partial charge in [-0.15, -0.1) is 0 Å². The molecule has 2 rings (SSSR count). The van der Waals surface area contributed by atoms with E-state index in [1.54, 1.807) is 38.1 Å². The van der Waals surface area contributed by atoms with E-state index >= 15 is 0 Å². The molecular weight excluding hydrogens is 646 g/mol. The van der Waals surface area contributed by atoms with E-state index in [1.807, 2.05) is 0 Å². The summed E-state index contributed by atoms with van der Waals surface area (Å²) in [6, 6.07) is 8.40. The van der Waals surface area contributed by atoms with E-state index in [4.69, 9.17) is 25.5 Å². The number of nitro benzene ring substituents is 1. The molecule has 0 fully saturated rings. The molecule has 2 aromatic rings. The van der Waals surface area contributed by atoms with Gasteiger partial charge in [0.2, 0.25) is 17.7 Å². The molecule has 0 aliphatic heterocycles. The van der Waals surface area contributed by atoms with Crippen molar-refractivity contribution in [2.45, 2.75) is 51.8 Å². The van der Waals surface area contributed by atoms with Gasteiger partial charge in [-0.05, 0) is 54.1 Å². The Morgan fingerprint density at radius 1 is 1.00 bits per heavy atom. The fourth-order valence-corrected chi connectivity index (χ4v) is 4.06. The van der Waals surface area contributed by atoms with Crippen LogP contribution in [0.1, 0.15) is 38.7 Å². The first-order chi connectivity index (χ1) is 23.4. The topological polar surface area (TPSA) is 279 Å². The summed E-state index contributed by atoms with van der Waals surface area (Å²) in [5, 5.41) is 24.6. The summed E-state index contributed by atoms with van der Waals surface area (Å²) in [6.07, 6.45) is -0.655. The number of carbonyl (C=O) groups is 5. The Balaban J connectivity index is 1.97. The number of nitrogens with zero attached hydrogens (tertiary/aromatic N) is 4. The molecule has 0 heterocycles. The molecule has 0 radical (unpaired) electrons. The summed E-state index contributed by atoms with van der Waals surface area (Å²) < 4.78 is 15.3. The number of rotatable bonds is 20. The van der Waals surface area contributed by atoms with Crippen molar-refractivity contribution in [2.75, 3.05) is 31.6 Å². The van der Waals surface area contributed by atoms with Crippen LogP contribution in [0.15, 0.2) is 53.6 Å². The van der Waals surface area contributed by atoms with Crippen molar-refractivity contribution in [1.29, 1.82) is 0 Å². The normalized spacial score (nSPS) is 11.7. The van der Waals surface area contributed by atoms with Crippen LogP contribution in [-0.2, 0) is 30.5 Å². The van der Waals surface area contributed by atoms with Gasteiger partial charge in [0.05, 0.1) is 18.1 Å². The van der Waals surface area contributed by atoms with Crippen molar-refractivity contribution >= 4 is 41.3 Å². The summed E-state index contributed by atoms with van der Waals surface area (Å²) in [5.41, 5.74) is 14.2. The minimum Gasteiger partial charge on any atom is -0.429 e. The third-order valence-corrected chi connectivity index (χ3v) is 6.57. The van der Waals surface area contributed by atoms with E-state index < -0.39 is 46.9 Å². The molecule has 0 saturated heterocycles. The van der Waals surface area contributed by atoms with E-state index in [2.05, 4.69) is 31.3 Å². The van der Waals surface area contributed by atoms with Crippen LogP contribution in [0.4, 0.5) is 21.0 Å². The molecule has 0 bridgehead atoms. The number of anilines is 1. The SMILES string of the molecule is CC(C)C(NC(=O)CCOCCN=[N+]=[N-])C(=O)N[C@@H](CCCNC(N)=O)C(=O)Nc1ccc(COC(=O)Oc2ccc([N+](=O)[O-])cc2)cc1. The number of urea groups is 1. The highest BCUT2D eigenvalue weighted by Gasteiger charge is 2.29. The van der Waals surface area contributed by atoms with Gasteiger partial charge in [-0.2, -0.15) is 0 Å². The second-order valence-corrected chi connectivity index (χ2v) is 10.7. The van der Waals surface area contributed by atoms with Crippen LogP contribution in [0.25, 0.3) is 10.4 Å². The zero-order valence-electron chi connectivity index (χ0n) is 27.0. The third-order valence-electron chi connectivity index (χ3n) is 6.57. The quantitative estimate of drug-likeness (QED) is 0.0198. The van der Waals surface area contributed by atoms with Gasteiger partial charge in [-0.3, -0.25) is 24.5 Å². The lowest BCUT2D eigenvalue weighted by molar-refractivity contribution is -0.384. The van der Waals surface area contributed by atoms with Gasteiger partial charge in [0, 0.05) is 42.2 Å². The number of benzene rings is 2. The number of azide groups is 1. The Morgan fingerprint density at radius 2 is 1.69 bits per heavy atom. The average molecular weight is 686 g/mol. The Bertz CT molecular complexity index is 1480. The molecule has 19 heteroatoms. The fourth-order valence-electron chi connectivity index (χ4n) is 4.06. The van der Waals surface area contributed by atoms with Crippen molar-refractivity contribution < 1.29 is 43.1 Å². The van der Waals surface area contributed by atoms with Gasteiger partial charge < -0.3 is 41.2 Å². The van der Waals surface area contributed by atoms with Crippen LogP contribution >= 0.6 is 0 Å². The number of amides is 5. The van der Waals surface area contributed by atoms with E-state index in [1.165, 1.54) is 24.3 Å². The highest BCUT2D eigenvalue weighted by atomic mass is 16.7. The number of primary amides is 1. The zero-order valence-corrected chi connectivity index (χ0v) is 27.0. The molecule has 0 aromatic heterocycles. The first-order valence-corrected chi connectivity index (χ1v) is 15.1. The van der Waals surface area contributed by atoms with Crippen LogP contribution in [0.5, 0.6) is 5.75 Å². The number of nitrogens with two attached hydrogens (primary N) is 1. The second-order valence-electron chi connectivity index (χ2n) is 10.7. The molecule has 264 valence electrons. The molecule has 0 saturated carbocycles. The molecule has 5 amide bonds. The lowest BCUT2D eigenvalue weighted by Gasteiger charge is -2.25. The van der Waals surface area contributed by atoms with Gasteiger partial charge >= 0.3 is 12.2 Å². The molecule has 2 atom stereocenters. The highest BCUT2D eigenvalue weighted by molar-refractivity contribution is 5.98. The van der Waals surface area contributed by atoms with Gasteiger partial charge in [0.25, 0.3) is 5.69 Å². The van der Waals surface area contributed by atoms with Crippen molar-refractivity contribution in [1.82, 2.24) is 16.0 Å². The Labute approximate surface area is 281 Å². The number of nitrogens with one attached hydrogen (secondary N) is 4. The van der Waals surface area contributed by atoms with E-state index in [0.717, 1.165) is 0 Å². The lowest BCUT2D eigenvalue weighted by atomic mass is 10.0. The zero-order chi connectivity index (χ0) is 36.2. The summed E-state index contributed by atoms with van der Waals surface area (Å²) in [4.78, 5) is 74.9. The number of non-ortho nitro benzene ring substituents is 1. The maximum atomic E-state index is 13.3. The Morgan fingerprint density at radius 3 is 2.31 bits per heavy atom. The van der Waals surface area contributed by atoms with Crippen molar-refractivity contribution in [3.05, 3.63) is 74.7 Å². The van der Waals surface area contributed by atoms with E-state index in [0.29, 0.717) is 17.7 Å². The van der Waals surface area contributed by atoms with Gasteiger partial charge in [0.1, 0.15) is 24.4 Å². The van der Waals surface area contributed by atoms with Gasteiger partial charge in [-0.1, -0.05) is 31.1 Å². The number of hydrogen-bond donors (Lipinski definition) is 5. The lowest BCUT2D eigenvalue weighted by Crippen LogP contribution is -2.54. The van der Waals surface area contributed by atoms with Crippen LogP contribution < -0.4 is 31.7 Å². The monoisotopic (exact) mass is 685 g/mol. The second kappa shape index (κ2) is 21.0. The third kappa shape index (κ3) is 15.5. The maximum absolute atomic E-state index is 13.3. The summed E-state index contributed by atoms with van der Waals surface area (Å²) in [5.74, 6) is -1.88. The number of nitro groups is 1. The number of hydrogen-bond acceptors (Lipinski definition) is 11. The van der Waals surface area contributed by atoms with Crippen LogP contribution in [0, 0.1) is 16.0 Å². The summed E-state index contributed by atoms with van der Waals surface area (Å²) in [6.45, 7) is 3.76. The largest absolute Gasteiger partial charge is 0.514 e. The van der Waals surface area contributed by atoms with Crippen molar-refractivity contribution in [3.63, 3.8) is 0 Å². The van der Waals surface area contributed by atoms with Gasteiger partial charge in [0.15, 0.2) is 0 Å². The van der Waals surface area contributed by atoms with Crippen LogP contribution in [0.3, 0.4) is 0 Å². The Kier molecular flexibility index (Phi) is 16.8. The predicted molar refractivity (Wildman–Crippen MR) is 174 cm³/mol. The number of carbonyl (C=O) groups excluding carboxylic acids is 5. The molecular formula is C30H39N9O10. The van der Waals surface area contributed by atoms with Crippen LogP contribution in [-0.4, -0.2) is 73.2 Å². The molecule has 1 unspecified atom stereocenters. The molecule has 0 spiro atoms. The minimum atomic E-state index is -1.05. The van der Waals surface area contributed by atoms with Gasteiger partial charge in [-0.25, -0.2) is 9.59 Å². The minimum absolute atomic E-state index is 0.0442. The highest BCUT2D eigenvalue weighted by Crippen LogP contribution is 2.18. The molecule has 49 heavy (non-hydrogen) atoms. The number of ether oxygens (including phenoxy) is 3. The fraction of sp³-hybridized carbons (Fsp3) is 0.433. The molecule has 0 aliphatic rings. The van der Waals surface area contributed by atoms with E-state index in [9.17, 15) is 34.1 Å². The molecule has 0 aliphatic carbocycles. The average Bonchev–Trinajstić information content (AvgIpc) is 3.06. The first kappa shape index (κ1) is 39.2. The predicted octanol–water partition coefficient (Wildman–Crippen LogP) is 3.04. The van der Waals surface area contributed by atoms with Crippen molar-refractivity contribution in [2.24, 2.45) is 16.8 Å². The van der Waals surface area contributed by atoms with Crippen LogP contribution in [0.2, 0.25) is 0 Å². The first-order valence-electron chi connectivity index (χ1n) is 15.1. The molecule has 2 aromatic carbocycles. The summed E-state index contributed by atoms with van der Waals surface area (Å²) >= 11 is 0. The smallest absolute Gasteiger partial charge is 0.429 e. The van der Waals surface area contributed by atoms with E-state index in [-0.39, 0.29) is 63.1 Å².